The van der Waals surface area contributed by atoms with Crippen LogP contribution in [-0.4, -0.2) is 25.2 Å². The summed E-state index contributed by atoms with van der Waals surface area (Å²) >= 11 is 0. The molecule has 3 rings (SSSR count). The van der Waals surface area contributed by atoms with Crippen LogP contribution in [-0.2, 0) is 4.74 Å². The Kier molecular flexibility index (Phi) is 4.08. The number of carbonyl (C=O) groups excluding carboxylic acids is 1. The molecule has 24 heavy (non-hydrogen) atoms. The summed E-state index contributed by atoms with van der Waals surface area (Å²) in [6, 6.07) is 12.8. The molecule has 0 saturated heterocycles. The zero-order valence-electron chi connectivity index (χ0n) is 13.2. The highest BCUT2D eigenvalue weighted by Crippen LogP contribution is 2.41. The minimum atomic E-state index is -0.620. The largest absolute Gasteiger partial charge is 0.494 e. The maximum absolute atomic E-state index is 12.1. The fourth-order valence-corrected chi connectivity index (χ4v) is 2.67. The van der Waals surface area contributed by atoms with Crippen LogP contribution in [0.1, 0.15) is 10.4 Å². The summed E-state index contributed by atoms with van der Waals surface area (Å²) in [6.07, 6.45) is 1.64. The number of ether oxygens (including phenoxy) is 2. The van der Waals surface area contributed by atoms with Crippen molar-refractivity contribution in [2.24, 2.45) is 0 Å². The molecule has 0 unspecified atom stereocenters. The number of diazo groups is 1. The Balaban J connectivity index is 2.48. The molecule has 0 N–H and O–H groups in total. The SMILES string of the molecule is COC(=O)c1cc(OC)c2nccc(-c3ccccc3)c2c1[N+]#N. The standard InChI is InChI=1S/C18H14N3O3/c1-23-14-10-13(18(22)24-2)16(21-19)15-12(8-9-20-17(14)15)11-6-4-3-5-7-11/h3-10H,1-2H3/q+1. The van der Waals surface area contributed by atoms with E-state index in [9.17, 15) is 10.2 Å². The summed E-state index contributed by atoms with van der Waals surface area (Å²) in [5.74, 6) is -0.221. The Hall–Kier alpha value is -3.46. The number of hydrogen-bond acceptors (Lipinski definition) is 5. The highest BCUT2D eigenvalue weighted by molar-refractivity contribution is 6.13. The average molecular weight is 320 g/mol. The summed E-state index contributed by atoms with van der Waals surface area (Å²) < 4.78 is 10.1. The van der Waals surface area contributed by atoms with Gasteiger partial charge in [-0.15, -0.1) is 0 Å². The van der Waals surface area contributed by atoms with Crippen molar-refractivity contribution in [3.05, 3.63) is 59.2 Å². The van der Waals surface area contributed by atoms with E-state index < -0.39 is 5.97 Å². The zero-order chi connectivity index (χ0) is 17.1. The zero-order valence-corrected chi connectivity index (χ0v) is 13.2. The molecule has 0 radical (unpaired) electrons. The molecule has 0 amide bonds. The topological polar surface area (TPSA) is 76.6 Å². The Morgan fingerprint density at radius 3 is 2.54 bits per heavy atom. The summed E-state index contributed by atoms with van der Waals surface area (Å²) in [4.78, 5) is 19.7. The molecule has 0 saturated carbocycles. The fraction of sp³-hybridized carbons (Fsp3) is 0.111. The quantitative estimate of drug-likeness (QED) is 0.534. The lowest BCUT2D eigenvalue weighted by Crippen LogP contribution is -2.03. The molecule has 0 bridgehead atoms. The molecule has 3 aromatic rings. The lowest BCUT2D eigenvalue weighted by molar-refractivity contribution is 0.0602. The van der Waals surface area contributed by atoms with Crippen molar-refractivity contribution in [2.75, 3.05) is 14.2 Å². The maximum atomic E-state index is 12.1. The van der Waals surface area contributed by atoms with E-state index in [4.69, 9.17) is 9.47 Å². The summed E-state index contributed by atoms with van der Waals surface area (Å²) in [5.41, 5.74) is 2.38. The normalized spacial score (nSPS) is 10.2. The second kappa shape index (κ2) is 6.34. The van der Waals surface area contributed by atoms with Gasteiger partial charge < -0.3 is 9.47 Å². The summed E-state index contributed by atoms with van der Waals surface area (Å²) in [5, 5.41) is 10.1. The van der Waals surface area contributed by atoms with Crippen LogP contribution in [0.25, 0.3) is 27.0 Å². The van der Waals surface area contributed by atoms with Crippen molar-refractivity contribution in [3.63, 3.8) is 0 Å². The molecule has 1 heterocycles. The molecular formula is C18H14N3O3+. The first kappa shape index (κ1) is 15.4. The van der Waals surface area contributed by atoms with Gasteiger partial charge >= 0.3 is 11.7 Å². The third kappa shape index (κ3) is 2.42. The Morgan fingerprint density at radius 2 is 1.92 bits per heavy atom. The van der Waals surface area contributed by atoms with Crippen molar-refractivity contribution in [3.8, 4) is 16.9 Å². The minimum Gasteiger partial charge on any atom is -0.494 e. The molecule has 118 valence electrons. The number of methoxy groups -OCH3 is 2. The van der Waals surface area contributed by atoms with Crippen molar-refractivity contribution >= 4 is 22.6 Å². The second-order valence-electron chi connectivity index (χ2n) is 5.01. The van der Waals surface area contributed by atoms with Gasteiger partial charge in [-0.25, -0.2) is 4.79 Å². The van der Waals surface area contributed by atoms with E-state index in [0.29, 0.717) is 16.7 Å². The average Bonchev–Trinajstić information content (AvgIpc) is 2.66. The number of nitrogens with zero attached hydrogens (tertiary/aromatic N) is 3. The van der Waals surface area contributed by atoms with E-state index in [1.807, 2.05) is 30.3 Å². The van der Waals surface area contributed by atoms with E-state index in [0.717, 1.165) is 11.1 Å². The van der Waals surface area contributed by atoms with Crippen LogP contribution in [0.3, 0.4) is 0 Å². The van der Waals surface area contributed by atoms with Gasteiger partial charge in [-0.2, -0.15) is 0 Å². The number of aromatic nitrogens is 1. The molecule has 0 aliphatic heterocycles. The number of rotatable bonds is 3. The van der Waals surface area contributed by atoms with Gasteiger partial charge in [0.2, 0.25) is 5.39 Å². The van der Waals surface area contributed by atoms with E-state index in [1.54, 1.807) is 12.3 Å². The van der Waals surface area contributed by atoms with E-state index in [1.165, 1.54) is 20.3 Å². The van der Waals surface area contributed by atoms with Crippen LogP contribution < -0.4 is 4.74 Å². The molecule has 0 aliphatic rings. The summed E-state index contributed by atoms with van der Waals surface area (Å²) in [6.45, 7) is 0. The maximum Gasteiger partial charge on any atom is 0.409 e. The van der Waals surface area contributed by atoms with E-state index >= 15 is 0 Å². The molecule has 6 nitrogen and oxygen atoms in total. The first-order valence-electron chi connectivity index (χ1n) is 7.19. The van der Waals surface area contributed by atoms with Crippen LogP contribution >= 0.6 is 0 Å². The third-order valence-corrected chi connectivity index (χ3v) is 3.76. The highest BCUT2D eigenvalue weighted by Gasteiger charge is 2.30. The van der Waals surface area contributed by atoms with E-state index in [-0.39, 0.29) is 11.3 Å². The predicted molar refractivity (Wildman–Crippen MR) is 89.8 cm³/mol. The van der Waals surface area contributed by atoms with Crippen molar-refractivity contribution < 1.29 is 14.3 Å². The van der Waals surface area contributed by atoms with Gasteiger partial charge in [-0.05, 0) is 11.6 Å². The lowest BCUT2D eigenvalue weighted by atomic mass is 9.97. The number of pyridine rings is 1. The van der Waals surface area contributed by atoms with Gasteiger partial charge in [0.1, 0.15) is 16.7 Å². The number of carbonyl (C=O) groups is 1. The molecule has 6 heteroatoms. The predicted octanol–water partition coefficient (Wildman–Crippen LogP) is 4.18. The first-order valence-corrected chi connectivity index (χ1v) is 7.19. The molecule has 0 aliphatic carbocycles. The molecule has 0 spiro atoms. The molecule has 2 aromatic carbocycles. The monoisotopic (exact) mass is 320 g/mol. The lowest BCUT2D eigenvalue weighted by Gasteiger charge is -2.09. The van der Waals surface area contributed by atoms with Crippen molar-refractivity contribution in [1.29, 1.82) is 5.39 Å². The van der Waals surface area contributed by atoms with E-state index in [2.05, 4.69) is 9.96 Å². The first-order chi connectivity index (χ1) is 11.7. The van der Waals surface area contributed by atoms with Crippen LogP contribution in [0, 0.1) is 5.39 Å². The van der Waals surface area contributed by atoms with Crippen LogP contribution in [0.4, 0.5) is 5.69 Å². The highest BCUT2D eigenvalue weighted by atomic mass is 16.5. The number of benzene rings is 2. The fourth-order valence-electron chi connectivity index (χ4n) is 2.67. The Morgan fingerprint density at radius 1 is 1.17 bits per heavy atom. The molecular weight excluding hydrogens is 306 g/mol. The Labute approximate surface area is 138 Å². The third-order valence-electron chi connectivity index (χ3n) is 3.76. The van der Waals surface area contributed by atoms with Gasteiger partial charge in [-0.1, -0.05) is 30.3 Å². The minimum absolute atomic E-state index is 0.101. The van der Waals surface area contributed by atoms with Crippen molar-refractivity contribution in [2.45, 2.75) is 0 Å². The van der Waals surface area contributed by atoms with Gasteiger partial charge in [-0.3, -0.25) is 4.98 Å². The van der Waals surface area contributed by atoms with Gasteiger partial charge in [0.25, 0.3) is 0 Å². The summed E-state index contributed by atoms with van der Waals surface area (Å²) in [7, 11) is 2.75. The Bertz CT molecular complexity index is 963. The van der Waals surface area contributed by atoms with Gasteiger partial charge in [0.15, 0.2) is 10.5 Å². The molecule has 0 atom stereocenters. The van der Waals surface area contributed by atoms with Crippen LogP contribution in [0.15, 0.2) is 48.7 Å². The van der Waals surface area contributed by atoms with Gasteiger partial charge in [0, 0.05) is 17.8 Å². The van der Waals surface area contributed by atoms with Crippen molar-refractivity contribution in [1.82, 2.24) is 4.98 Å². The van der Waals surface area contributed by atoms with Crippen LogP contribution in [0.5, 0.6) is 5.75 Å². The smallest absolute Gasteiger partial charge is 0.409 e. The molecule has 1 aromatic heterocycles. The van der Waals surface area contributed by atoms with Gasteiger partial charge in [0.05, 0.1) is 14.2 Å². The van der Waals surface area contributed by atoms with Crippen LogP contribution in [0.2, 0.25) is 0 Å². The number of hydrogen-bond donors (Lipinski definition) is 0. The molecule has 0 fully saturated rings. The number of esters is 1. The second-order valence-corrected chi connectivity index (χ2v) is 5.01. The number of fused-ring (bicyclic) bond motifs is 1.